The van der Waals surface area contributed by atoms with Crippen molar-refractivity contribution in [1.29, 1.82) is 0 Å². The van der Waals surface area contributed by atoms with Gasteiger partial charge in [-0.2, -0.15) is 0 Å². The average Bonchev–Trinajstić information content (AvgIpc) is 2.88. The molecular weight excluding hydrogens is 478 g/mol. The Bertz CT molecular complexity index is 1150. The van der Waals surface area contributed by atoms with Crippen LogP contribution in [0.1, 0.15) is 47.7 Å². The Labute approximate surface area is 217 Å². The highest BCUT2D eigenvalue weighted by atomic mass is 16.5. The molecule has 1 aliphatic rings. The van der Waals surface area contributed by atoms with E-state index in [0.717, 1.165) is 40.8 Å². The van der Waals surface area contributed by atoms with Gasteiger partial charge in [0.15, 0.2) is 22.7 Å². The molecule has 2 aromatic rings. The van der Waals surface area contributed by atoms with E-state index >= 15 is 0 Å². The Morgan fingerprint density at radius 3 is 1.97 bits per heavy atom. The average molecular weight is 516 g/mol. The number of carbonyl (C=O) groups is 2. The third-order valence-electron chi connectivity index (χ3n) is 7.37. The minimum atomic E-state index is -1.48. The highest BCUT2D eigenvalue weighted by molar-refractivity contribution is 5.78. The molecule has 3 N–H and O–H groups in total. The molecule has 2 aromatic carbocycles. The molecule has 1 heterocycles. The third-order valence-corrected chi connectivity index (χ3v) is 7.37. The van der Waals surface area contributed by atoms with Gasteiger partial charge in [0.05, 0.1) is 14.2 Å². The Kier molecular flexibility index (Phi) is 8.84. The summed E-state index contributed by atoms with van der Waals surface area (Å²) in [5.41, 5.74) is 1.73. The summed E-state index contributed by atoms with van der Waals surface area (Å²) in [6, 6.07) is 9.80. The summed E-state index contributed by atoms with van der Waals surface area (Å²) in [6.07, 6.45) is 1.61. The van der Waals surface area contributed by atoms with E-state index in [4.69, 9.17) is 18.9 Å². The summed E-state index contributed by atoms with van der Waals surface area (Å²) in [4.78, 5) is 24.0. The molecule has 0 radical (unpaired) electrons. The highest BCUT2D eigenvalue weighted by Gasteiger charge is 2.38. The lowest BCUT2D eigenvalue weighted by Gasteiger charge is -2.32. The third kappa shape index (κ3) is 6.06. The van der Waals surface area contributed by atoms with Crippen LogP contribution in [0.25, 0.3) is 0 Å². The van der Waals surface area contributed by atoms with E-state index in [2.05, 4.69) is 5.32 Å². The topological polar surface area (TPSA) is 124 Å². The fraction of sp³-hybridized carbons (Fsp3) is 0.500. The van der Waals surface area contributed by atoms with Crippen LogP contribution in [0.2, 0.25) is 0 Å². The first-order valence-electron chi connectivity index (χ1n) is 12.2. The van der Waals surface area contributed by atoms with Gasteiger partial charge in [-0.25, -0.2) is 9.59 Å². The Morgan fingerprint density at radius 2 is 1.46 bits per heavy atom. The summed E-state index contributed by atoms with van der Waals surface area (Å²) in [6.45, 7) is 3.80. The number of ether oxygens (including phenoxy) is 4. The molecule has 0 saturated carbocycles. The number of carboxylic acid groups (broad SMARTS) is 2. The maximum absolute atomic E-state index is 12.0. The van der Waals surface area contributed by atoms with Crippen LogP contribution < -0.4 is 14.8 Å². The molecule has 0 aliphatic carbocycles. The van der Waals surface area contributed by atoms with Crippen LogP contribution >= 0.6 is 0 Å². The lowest BCUT2D eigenvalue weighted by Crippen LogP contribution is -2.42. The van der Waals surface area contributed by atoms with E-state index in [1.165, 1.54) is 28.1 Å². The van der Waals surface area contributed by atoms with Crippen molar-refractivity contribution < 1.29 is 38.7 Å². The summed E-state index contributed by atoms with van der Waals surface area (Å²) in [7, 11) is 5.93. The molecule has 202 valence electrons. The van der Waals surface area contributed by atoms with Gasteiger partial charge >= 0.3 is 11.9 Å². The SMILES string of the molecule is COc1ccc(CC2NCCc3cc(CC(C)(OC)C(=O)O)c(CC(C)(OC)C(=O)O)cc32)cc1OC. The molecule has 9 nitrogen and oxygen atoms in total. The van der Waals surface area contributed by atoms with Gasteiger partial charge in [0.2, 0.25) is 0 Å². The van der Waals surface area contributed by atoms with Gasteiger partial charge in [-0.3, -0.25) is 0 Å². The van der Waals surface area contributed by atoms with E-state index in [1.807, 2.05) is 30.3 Å². The first-order valence-corrected chi connectivity index (χ1v) is 12.2. The van der Waals surface area contributed by atoms with Gasteiger partial charge in [0.1, 0.15) is 0 Å². The fourth-order valence-electron chi connectivity index (χ4n) is 4.74. The second-order valence-electron chi connectivity index (χ2n) is 9.80. The van der Waals surface area contributed by atoms with Gasteiger partial charge < -0.3 is 34.5 Å². The molecule has 9 heteroatoms. The molecule has 3 unspecified atom stereocenters. The first-order chi connectivity index (χ1) is 17.5. The minimum Gasteiger partial charge on any atom is -0.493 e. The second kappa shape index (κ2) is 11.5. The van der Waals surface area contributed by atoms with Gasteiger partial charge in [0, 0.05) is 33.1 Å². The molecule has 37 heavy (non-hydrogen) atoms. The zero-order valence-electron chi connectivity index (χ0n) is 22.3. The maximum Gasteiger partial charge on any atom is 0.336 e. The molecule has 1 aliphatic heterocycles. The molecule has 0 saturated heterocycles. The van der Waals surface area contributed by atoms with Crippen LogP contribution in [-0.4, -0.2) is 68.3 Å². The number of aliphatic carboxylic acids is 2. The van der Waals surface area contributed by atoms with Crippen molar-refractivity contribution in [2.75, 3.05) is 35.0 Å². The number of fused-ring (bicyclic) bond motifs is 1. The van der Waals surface area contributed by atoms with Crippen LogP contribution in [-0.2, 0) is 44.7 Å². The van der Waals surface area contributed by atoms with Gasteiger partial charge in [-0.15, -0.1) is 0 Å². The molecule has 0 bridgehead atoms. The van der Waals surface area contributed by atoms with Crippen molar-refractivity contribution in [3.63, 3.8) is 0 Å². The quantitative estimate of drug-likeness (QED) is 0.391. The molecule has 0 amide bonds. The maximum atomic E-state index is 12.0. The molecule has 3 atom stereocenters. The summed E-state index contributed by atoms with van der Waals surface area (Å²) < 4.78 is 21.6. The van der Waals surface area contributed by atoms with E-state index in [1.54, 1.807) is 14.2 Å². The van der Waals surface area contributed by atoms with E-state index < -0.39 is 23.1 Å². The molecule has 0 spiro atoms. The van der Waals surface area contributed by atoms with E-state index in [9.17, 15) is 19.8 Å². The lowest BCUT2D eigenvalue weighted by molar-refractivity contribution is -0.161. The van der Waals surface area contributed by atoms with Crippen molar-refractivity contribution in [2.45, 2.75) is 56.8 Å². The number of rotatable bonds is 12. The summed E-state index contributed by atoms with van der Waals surface area (Å²) in [5, 5.41) is 23.2. The molecule has 3 rings (SSSR count). The number of nitrogens with one attached hydrogen (secondary N) is 1. The predicted octanol–water partition coefficient (Wildman–Crippen LogP) is 3.20. The largest absolute Gasteiger partial charge is 0.493 e. The van der Waals surface area contributed by atoms with Crippen molar-refractivity contribution in [3.05, 3.63) is 58.1 Å². The number of carboxylic acids is 2. The minimum absolute atomic E-state index is 0.0263. The Balaban J connectivity index is 2.07. The highest BCUT2D eigenvalue weighted by Crippen LogP contribution is 2.35. The van der Waals surface area contributed by atoms with E-state index in [0.29, 0.717) is 17.9 Å². The summed E-state index contributed by atoms with van der Waals surface area (Å²) in [5.74, 6) is -0.870. The van der Waals surface area contributed by atoms with Crippen LogP contribution in [0.15, 0.2) is 30.3 Å². The number of hydrogen-bond donors (Lipinski definition) is 3. The van der Waals surface area contributed by atoms with Crippen molar-refractivity contribution >= 4 is 11.9 Å². The van der Waals surface area contributed by atoms with Crippen LogP contribution in [0.5, 0.6) is 11.5 Å². The first kappa shape index (κ1) is 28.4. The number of methoxy groups -OCH3 is 4. The second-order valence-corrected chi connectivity index (χ2v) is 9.80. The standard InChI is InChI=1S/C28H37NO8/c1-27(36-5,25(30)31)15-19-13-18-9-10-29-22(11-17-7-8-23(34-3)24(12-17)35-4)21(18)14-20(19)16-28(2,37-6)26(32)33/h7-8,12-14,22,29H,9-11,15-16H2,1-6H3,(H,30,31)(H,32,33). The Hall–Kier alpha value is -3.14. The van der Waals surface area contributed by atoms with E-state index in [-0.39, 0.29) is 18.9 Å². The Morgan fingerprint density at radius 1 is 0.892 bits per heavy atom. The molecule has 0 aromatic heterocycles. The van der Waals surface area contributed by atoms with Crippen molar-refractivity contribution in [2.24, 2.45) is 0 Å². The zero-order chi connectivity index (χ0) is 27.4. The fourth-order valence-corrected chi connectivity index (χ4v) is 4.74. The zero-order valence-corrected chi connectivity index (χ0v) is 22.3. The van der Waals surface area contributed by atoms with Gasteiger partial charge in [0.25, 0.3) is 0 Å². The van der Waals surface area contributed by atoms with Crippen LogP contribution in [0.3, 0.4) is 0 Å². The van der Waals surface area contributed by atoms with Crippen molar-refractivity contribution in [1.82, 2.24) is 5.32 Å². The molecule has 0 fully saturated rings. The van der Waals surface area contributed by atoms with Gasteiger partial charge in [-0.05, 0) is 73.2 Å². The lowest BCUT2D eigenvalue weighted by atomic mass is 9.81. The predicted molar refractivity (Wildman–Crippen MR) is 138 cm³/mol. The normalized spacial score (nSPS) is 18.3. The molecular formula is C28H37NO8. The monoisotopic (exact) mass is 515 g/mol. The van der Waals surface area contributed by atoms with Crippen LogP contribution in [0.4, 0.5) is 0 Å². The number of benzene rings is 2. The number of hydrogen-bond acceptors (Lipinski definition) is 7. The van der Waals surface area contributed by atoms with Crippen molar-refractivity contribution in [3.8, 4) is 11.5 Å². The smallest absolute Gasteiger partial charge is 0.336 e. The summed E-state index contributed by atoms with van der Waals surface area (Å²) >= 11 is 0. The van der Waals surface area contributed by atoms with Crippen LogP contribution in [0, 0.1) is 0 Å². The van der Waals surface area contributed by atoms with Gasteiger partial charge in [-0.1, -0.05) is 18.2 Å².